The van der Waals surface area contributed by atoms with E-state index in [1.54, 1.807) is 11.5 Å². The van der Waals surface area contributed by atoms with Crippen molar-refractivity contribution in [2.75, 3.05) is 18.8 Å². The third-order valence-corrected chi connectivity index (χ3v) is 5.63. The summed E-state index contributed by atoms with van der Waals surface area (Å²) in [5, 5.41) is 0. The highest BCUT2D eigenvalue weighted by atomic mass is 32.1. The Hall–Kier alpha value is -2.24. The molecule has 0 unspecified atom stereocenters. The predicted molar refractivity (Wildman–Crippen MR) is 103 cm³/mol. The number of benzene rings is 1. The van der Waals surface area contributed by atoms with Gasteiger partial charge < -0.3 is 5.73 Å². The third-order valence-electron chi connectivity index (χ3n) is 4.91. The van der Waals surface area contributed by atoms with E-state index >= 15 is 0 Å². The molecule has 4 nitrogen and oxygen atoms in total. The van der Waals surface area contributed by atoms with Gasteiger partial charge in [0.05, 0.1) is 5.69 Å². The second-order valence-electron chi connectivity index (χ2n) is 6.60. The Bertz CT molecular complexity index is 806. The van der Waals surface area contributed by atoms with Gasteiger partial charge >= 0.3 is 0 Å². The molecule has 3 aromatic rings. The number of hydrogen-bond acceptors (Lipinski definition) is 5. The van der Waals surface area contributed by atoms with Crippen molar-refractivity contribution in [2.24, 2.45) is 0 Å². The van der Waals surface area contributed by atoms with E-state index in [-0.39, 0.29) is 0 Å². The maximum absolute atomic E-state index is 5.79. The number of nitrogens with zero attached hydrogens (tertiary/aromatic N) is 3. The molecule has 2 aromatic heterocycles. The van der Waals surface area contributed by atoms with Gasteiger partial charge in [-0.15, -0.1) is 0 Å². The molecule has 0 spiro atoms. The van der Waals surface area contributed by atoms with E-state index in [0.29, 0.717) is 11.7 Å². The minimum Gasteiger partial charge on any atom is -0.384 e. The van der Waals surface area contributed by atoms with Crippen molar-refractivity contribution in [3.8, 4) is 11.3 Å². The minimum atomic E-state index is 0.565. The fraction of sp³-hybridized carbons (Fsp3) is 0.300. The molecule has 5 heteroatoms. The second-order valence-corrected chi connectivity index (χ2v) is 7.52. The van der Waals surface area contributed by atoms with Crippen LogP contribution in [0.2, 0.25) is 0 Å². The van der Waals surface area contributed by atoms with Crippen molar-refractivity contribution in [3.05, 3.63) is 65.2 Å². The lowest BCUT2D eigenvalue weighted by atomic mass is 9.89. The normalized spacial score (nSPS) is 16.2. The van der Waals surface area contributed by atoms with Crippen molar-refractivity contribution in [3.63, 3.8) is 0 Å². The molecule has 0 radical (unpaired) electrons. The smallest absolute Gasteiger partial charge is 0.124 e. The second kappa shape index (κ2) is 7.33. The monoisotopic (exact) mass is 350 g/mol. The molecular weight excluding hydrogens is 328 g/mol. The van der Waals surface area contributed by atoms with Crippen molar-refractivity contribution < 1.29 is 0 Å². The summed E-state index contributed by atoms with van der Waals surface area (Å²) in [4.78, 5) is 8.29. The number of aromatic nitrogens is 2. The Morgan fingerprint density at radius 2 is 1.84 bits per heavy atom. The van der Waals surface area contributed by atoms with Gasteiger partial charge in [0.1, 0.15) is 5.82 Å². The molecule has 1 aliphatic rings. The molecule has 0 bridgehead atoms. The molecule has 4 rings (SSSR count). The molecule has 128 valence electrons. The number of nitrogen functional groups attached to an aromatic ring is 1. The lowest BCUT2D eigenvalue weighted by Gasteiger charge is -2.31. The Morgan fingerprint density at radius 3 is 2.52 bits per heavy atom. The van der Waals surface area contributed by atoms with Crippen LogP contribution in [-0.4, -0.2) is 27.3 Å². The molecule has 1 fully saturated rings. The summed E-state index contributed by atoms with van der Waals surface area (Å²) in [5.41, 5.74) is 9.28. The van der Waals surface area contributed by atoms with Gasteiger partial charge in [-0.1, -0.05) is 30.3 Å². The molecule has 1 aromatic carbocycles. The van der Waals surface area contributed by atoms with Crippen molar-refractivity contribution in [2.45, 2.75) is 25.3 Å². The Morgan fingerprint density at radius 1 is 1.04 bits per heavy atom. The summed E-state index contributed by atoms with van der Waals surface area (Å²) >= 11 is 1.61. The molecule has 0 amide bonds. The van der Waals surface area contributed by atoms with Gasteiger partial charge in [-0.05, 0) is 67.1 Å². The van der Waals surface area contributed by atoms with Crippen LogP contribution in [0.4, 0.5) is 5.82 Å². The van der Waals surface area contributed by atoms with Crippen molar-refractivity contribution in [1.29, 1.82) is 0 Å². The van der Waals surface area contributed by atoms with Crippen LogP contribution in [0.25, 0.3) is 11.3 Å². The highest BCUT2D eigenvalue weighted by Gasteiger charge is 2.21. The first-order chi connectivity index (χ1) is 12.3. The van der Waals surface area contributed by atoms with Crippen LogP contribution in [0, 0.1) is 0 Å². The Balaban J connectivity index is 1.38. The summed E-state index contributed by atoms with van der Waals surface area (Å²) < 4.78 is 4.19. The standard InChI is InChI=1S/C20H22N4S/c21-20-3-1-2-19(23-20)17-6-4-15(5-7-17)16-9-12-24(13-10-16)14-18-8-11-22-25-18/h1-8,11,16H,9-10,12-14H2,(H2,21,23). The lowest BCUT2D eigenvalue weighted by Crippen LogP contribution is -2.32. The topological polar surface area (TPSA) is 55.0 Å². The van der Waals surface area contributed by atoms with Crippen LogP contribution in [0.15, 0.2) is 54.7 Å². The van der Waals surface area contributed by atoms with Crippen molar-refractivity contribution >= 4 is 17.4 Å². The number of piperidine rings is 1. The van der Waals surface area contributed by atoms with Crippen LogP contribution < -0.4 is 5.73 Å². The molecule has 2 N–H and O–H groups in total. The lowest BCUT2D eigenvalue weighted by molar-refractivity contribution is 0.206. The van der Waals surface area contributed by atoms with Crippen LogP contribution in [0.1, 0.15) is 29.2 Å². The van der Waals surface area contributed by atoms with Gasteiger partial charge in [-0.3, -0.25) is 4.90 Å². The maximum Gasteiger partial charge on any atom is 0.124 e. The number of nitrogens with two attached hydrogens (primary N) is 1. The van der Waals surface area contributed by atoms with Gasteiger partial charge in [0, 0.05) is 23.2 Å². The first-order valence-electron chi connectivity index (χ1n) is 8.73. The Kier molecular flexibility index (Phi) is 4.76. The van der Waals surface area contributed by atoms with E-state index in [0.717, 1.165) is 30.9 Å². The molecule has 3 heterocycles. The zero-order valence-electron chi connectivity index (χ0n) is 14.1. The van der Waals surface area contributed by atoms with Gasteiger partial charge in [-0.25, -0.2) is 9.36 Å². The highest BCUT2D eigenvalue weighted by molar-refractivity contribution is 7.05. The average Bonchev–Trinajstić information content (AvgIpc) is 3.16. The van der Waals surface area contributed by atoms with E-state index < -0.39 is 0 Å². The van der Waals surface area contributed by atoms with E-state index in [2.05, 4.69) is 44.6 Å². The zero-order chi connectivity index (χ0) is 17.1. The predicted octanol–water partition coefficient (Wildman–Crippen LogP) is 4.17. The molecular formula is C20H22N4S. The van der Waals surface area contributed by atoms with Gasteiger partial charge in [0.15, 0.2) is 0 Å². The number of likely N-dealkylation sites (tertiary alicyclic amines) is 1. The summed E-state index contributed by atoms with van der Waals surface area (Å²) in [5.74, 6) is 1.22. The number of rotatable bonds is 4. The van der Waals surface area contributed by atoms with Gasteiger partial charge in [0.2, 0.25) is 0 Å². The average molecular weight is 350 g/mol. The molecule has 0 aliphatic carbocycles. The summed E-state index contributed by atoms with van der Waals surface area (Å²) in [7, 11) is 0. The largest absolute Gasteiger partial charge is 0.384 e. The number of pyridine rings is 1. The maximum atomic E-state index is 5.79. The van der Waals surface area contributed by atoms with E-state index in [1.165, 1.54) is 23.3 Å². The van der Waals surface area contributed by atoms with Crippen LogP contribution in [0.3, 0.4) is 0 Å². The summed E-state index contributed by atoms with van der Waals surface area (Å²) in [6.07, 6.45) is 4.33. The van der Waals surface area contributed by atoms with Gasteiger partial charge in [0.25, 0.3) is 0 Å². The molecule has 0 saturated carbocycles. The van der Waals surface area contributed by atoms with Crippen LogP contribution in [-0.2, 0) is 6.54 Å². The highest BCUT2D eigenvalue weighted by Crippen LogP contribution is 2.30. The quantitative estimate of drug-likeness (QED) is 0.767. The first-order valence-corrected chi connectivity index (χ1v) is 9.50. The third kappa shape index (κ3) is 3.89. The van der Waals surface area contributed by atoms with Gasteiger partial charge in [-0.2, -0.15) is 0 Å². The number of hydrogen-bond donors (Lipinski definition) is 1. The van der Waals surface area contributed by atoms with Crippen molar-refractivity contribution in [1.82, 2.24) is 14.3 Å². The van der Waals surface area contributed by atoms with E-state index in [4.69, 9.17) is 5.73 Å². The summed E-state index contributed by atoms with van der Waals surface area (Å²) in [6, 6.07) is 16.7. The van der Waals surface area contributed by atoms with Crippen LogP contribution >= 0.6 is 11.5 Å². The number of anilines is 1. The van der Waals surface area contributed by atoms with Crippen LogP contribution in [0.5, 0.6) is 0 Å². The van der Waals surface area contributed by atoms with E-state index in [1.807, 2.05) is 24.4 Å². The first kappa shape index (κ1) is 16.2. The Labute approximate surface area is 152 Å². The molecule has 0 atom stereocenters. The molecule has 1 saturated heterocycles. The molecule has 25 heavy (non-hydrogen) atoms. The SMILES string of the molecule is Nc1cccc(-c2ccc(C3CCN(Cc4ccns4)CC3)cc2)n1. The van der Waals surface area contributed by atoms with E-state index in [9.17, 15) is 0 Å². The summed E-state index contributed by atoms with van der Waals surface area (Å²) in [6.45, 7) is 3.35. The zero-order valence-corrected chi connectivity index (χ0v) is 15.0. The minimum absolute atomic E-state index is 0.565. The fourth-order valence-electron chi connectivity index (χ4n) is 3.51. The molecule has 1 aliphatic heterocycles. The fourth-order valence-corrected chi connectivity index (χ4v) is 4.13.